The van der Waals surface area contributed by atoms with E-state index in [1.807, 2.05) is 29.7 Å². The van der Waals surface area contributed by atoms with Crippen LogP contribution in [0.4, 0.5) is 0 Å². The van der Waals surface area contributed by atoms with Gasteiger partial charge in [0.15, 0.2) is 6.29 Å². The lowest BCUT2D eigenvalue weighted by molar-refractivity contribution is 0.111. The fourth-order valence-electron chi connectivity index (χ4n) is 2.54. The van der Waals surface area contributed by atoms with E-state index in [4.69, 9.17) is 0 Å². The Morgan fingerprint density at radius 3 is 3.25 bits per heavy atom. The van der Waals surface area contributed by atoms with Crippen LogP contribution in [0.1, 0.15) is 39.8 Å². The van der Waals surface area contributed by atoms with Gasteiger partial charge >= 0.3 is 0 Å². The van der Waals surface area contributed by atoms with Crippen LogP contribution in [0.2, 0.25) is 0 Å². The van der Waals surface area contributed by atoms with E-state index in [1.165, 1.54) is 23.3 Å². The summed E-state index contributed by atoms with van der Waals surface area (Å²) in [6.07, 6.45) is 6.51. The number of carbonyl (C=O) groups is 1. The molecule has 2 aromatic heterocycles. The summed E-state index contributed by atoms with van der Waals surface area (Å²) in [6, 6.07) is 6.40. The number of aldehydes is 1. The van der Waals surface area contributed by atoms with Gasteiger partial charge in [0.25, 0.3) is 0 Å². The molecule has 1 unspecified atom stereocenters. The fourth-order valence-corrected chi connectivity index (χ4v) is 3.52. The molecule has 0 fully saturated rings. The molecule has 1 aliphatic carbocycles. The number of aryl methyl sites for hydroxylation is 1. The number of fused-ring (bicyclic) bond motifs is 1. The number of nitrogens with zero attached hydrogens (tertiary/aromatic N) is 1. The zero-order chi connectivity index (χ0) is 11.0. The topological polar surface area (TPSA) is 22.0 Å². The molecular formula is C13H13NOS. The maximum atomic E-state index is 11.0. The SMILES string of the molecule is O=Cc1cccn1C1CCCc2sccc21. The van der Waals surface area contributed by atoms with E-state index in [9.17, 15) is 4.79 Å². The molecule has 3 heteroatoms. The van der Waals surface area contributed by atoms with Crippen LogP contribution in [-0.4, -0.2) is 10.9 Å². The highest BCUT2D eigenvalue weighted by Gasteiger charge is 2.23. The van der Waals surface area contributed by atoms with Crippen LogP contribution in [0.5, 0.6) is 0 Å². The standard InChI is InChI=1S/C13H13NOS/c15-9-10-3-2-7-14(10)12-4-1-5-13-11(12)6-8-16-13/h2-3,6-9,12H,1,4-5H2. The predicted molar refractivity (Wildman–Crippen MR) is 65.2 cm³/mol. The number of hydrogen-bond donors (Lipinski definition) is 0. The van der Waals surface area contributed by atoms with Crippen LogP contribution in [0.3, 0.4) is 0 Å². The van der Waals surface area contributed by atoms with Crippen LogP contribution in [0.15, 0.2) is 29.8 Å². The molecule has 0 aliphatic heterocycles. The molecular weight excluding hydrogens is 218 g/mol. The fraction of sp³-hybridized carbons (Fsp3) is 0.308. The first-order valence-electron chi connectivity index (χ1n) is 5.58. The number of carbonyl (C=O) groups excluding carboxylic acids is 1. The normalized spacial score (nSPS) is 19.4. The number of rotatable bonds is 2. The van der Waals surface area contributed by atoms with Crippen molar-refractivity contribution in [2.24, 2.45) is 0 Å². The lowest BCUT2D eigenvalue weighted by Gasteiger charge is -2.25. The van der Waals surface area contributed by atoms with Gasteiger partial charge in [-0.3, -0.25) is 4.79 Å². The zero-order valence-electron chi connectivity index (χ0n) is 8.93. The van der Waals surface area contributed by atoms with Gasteiger partial charge in [0.1, 0.15) is 0 Å². The molecule has 0 saturated heterocycles. The third-order valence-electron chi connectivity index (χ3n) is 3.29. The predicted octanol–water partition coefficient (Wildman–Crippen LogP) is 3.29. The summed E-state index contributed by atoms with van der Waals surface area (Å²) in [5.74, 6) is 0. The van der Waals surface area contributed by atoms with Gasteiger partial charge in [-0.1, -0.05) is 0 Å². The highest BCUT2D eigenvalue weighted by atomic mass is 32.1. The molecule has 0 N–H and O–H groups in total. The van der Waals surface area contributed by atoms with Gasteiger partial charge in [0, 0.05) is 11.1 Å². The Kier molecular flexibility index (Phi) is 2.40. The van der Waals surface area contributed by atoms with Crippen molar-refractivity contribution in [1.82, 2.24) is 4.57 Å². The minimum atomic E-state index is 0.366. The first-order chi connectivity index (χ1) is 7.90. The van der Waals surface area contributed by atoms with Crippen LogP contribution in [0.25, 0.3) is 0 Å². The van der Waals surface area contributed by atoms with Gasteiger partial charge in [-0.05, 0) is 48.4 Å². The van der Waals surface area contributed by atoms with Crippen LogP contribution in [0, 0.1) is 0 Å². The first kappa shape index (κ1) is 9.85. The summed E-state index contributed by atoms with van der Waals surface area (Å²) >= 11 is 1.84. The van der Waals surface area contributed by atoms with Crippen molar-refractivity contribution in [3.05, 3.63) is 45.9 Å². The quantitative estimate of drug-likeness (QED) is 0.727. The van der Waals surface area contributed by atoms with Crippen LogP contribution < -0.4 is 0 Å². The molecule has 0 bridgehead atoms. The van der Waals surface area contributed by atoms with E-state index < -0.39 is 0 Å². The molecule has 3 rings (SSSR count). The summed E-state index contributed by atoms with van der Waals surface area (Å²) in [5, 5.41) is 2.16. The van der Waals surface area contributed by atoms with Crippen LogP contribution in [-0.2, 0) is 6.42 Å². The second kappa shape index (κ2) is 3.91. The summed E-state index contributed by atoms with van der Waals surface area (Å²) in [7, 11) is 0. The van der Waals surface area contributed by atoms with Gasteiger partial charge in [-0.25, -0.2) is 0 Å². The van der Waals surface area contributed by atoms with Gasteiger partial charge in [-0.2, -0.15) is 0 Å². The van der Waals surface area contributed by atoms with Crippen molar-refractivity contribution in [2.45, 2.75) is 25.3 Å². The molecule has 1 atom stereocenters. The lowest BCUT2D eigenvalue weighted by Crippen LogP contribution is -2.16. The zero-order valence-corrected chi connectivity index (χ0v) is 9.74. The Hall–Kier alpha value is -1.35. The lowest BCUT2D eigenvalue weighted by atomic mass is 9.94. The molecule has 2 aromatic rings. The van der Waals surface area contributed by atoms with Crippen molar-refractivity contribution in [3.8, 4) is 0 Å². The third-order valence-corrected chi connectivity index (χ3v) is 4.29. The Labute approximate surface area is 98.5 Å². The van der Waals surface area contributed by atoms with E-state index in [-0.39, 0.29) is 0 Å². The highest BCUT2D eigenvalue weighted by molar-refractivity contribution is 7.10. The summed E-state index contributed by atoms with van der Waals surface area (Å²) in [6.45, 7) is 0. The molecule has 1 aliphatic rings. The van der Waals surface area contributed by atoms with E-state index >= 15 is 0 Å². The van der Waals surface area contributed by atoms with Crippen molar-refractivity contribution < 1.29 is 4.79 Å². The van der Waals surface area contributed by atoms with Gasteiger partial charge in [-0.15, -0.1) is 11.3 Å². The molecule has 16 heavy (non-hydrogen) atoms. The molecule has 2 nitrogen and oxygen atoms in total. The molecule has 0 amide bonds. The van der Waals surface area contributed by atoms with Gasteiger partial charge < -0.3 is 4.57 Å². The minimum absolute atomic E-state index is 0.366. The largest absolute Gasteiger partial charge is 0.338 e. The Morgan fingerprint density at radius 1 is 1.44 bits per heavy atom. The first-order valence-corrected chi connectivity index (χ1v) is 6.46. The van der Waals surface area contributed by atoms with Crippen molar-refractivity contribution in [3.63, 3.8) is 0 Å². The molecule has 0 aromatic carbocycles. The van der Waals surface area contributed by atoms with Gasteiger partial charge in [0.05, 0.1) is 11.7 Å². The summed E-state index contributed by atoms with van der Waals surface area (Å²) < 4.78 is 2.11. The smallest absolute Gasteiger partial charge is 0.166 e. The average molecular weight is 231 g/mol. The summed E-state index contributed by atoms with van der Waals surface area (Å²) in [5.41, 5.74) is 2.19. The number of thiophene rings is 1. The Morgan fingerprint density at radius 2 is 2.38 bits per heavy atom. The number of hydrogen-bond acceptors (Lipinski definition) is 2. The number of aromatic nitrogens is 1. The van der Waals surface area contributed by atoms with E-state index in [2.05, 4.69) is 16.0 Å². The van der Waals surface area contributed by atoms with E-state index in [0.717, 1.165) is 18.4 Å². The van der Waals surface area contributed by atoms with E-state index in [1.54, 1.807) is 0 Å². The van der Waals surface area contributed by atoms with Crippen molar-refractivity contribution in [1.29, 1.82) is 0 Å². The minimum Gasteiger partial charge on any atom is -0.338 e. The summed E-state index contributed by atoms with van der Waals surface area (Å²) in [4.78, 5) is 12.5. The van der Waals surface area contributed by atoms with Crippen molar-refractivity contribution in [2.75, 3.05) is 0 Å². The second-order valence-electron chi connectivity index (χ2n) is 4.17. The average Bonchev–Trinajstić information content (AvgIpc) is 2.96. The molecule has 0 radical (unpaired) electrons. The third kappa shape index (κ3) is 1.43. The van der Waals surface area contributed by atoms with Crippen molar-refractivity contribution >= 4 is 17.6 Å². The van der Waals surface area contributed by atoms with E-state index in [0.29, 0.717) is 6.04 Å². The molecule has 0 saturated carbocycles. The molecule has 0 spiro atoms. The monoisotopic (exact) mass is 231 g/mol. The highest BCUT2D eigenvalue weighted by Crippen LogP contribution is 2.36. The molecule has 2 heterocycles. The molecule has 82 valence electrons. The van der Waals surface area contributed by atoms with Gasteiger partial charge in [0.2, 0.25) is 0 Å². The second-order valence-corrected chi connectivity index (χ2v) is 5.17. The van der Waals surface area contributed by atoms with Crippen LogP contribution >= 0.6 is 11.3 Å². The Balaban J connectivity index is 2.07. The maximum Gasteiger partial charge on any atom is 0.166 e. The maximum absolute atomic E-state index is 11.0. The Bertz CT molecular complexity index is 511.